The van der Waals surface area contributed by atoms with E-state index in [1.807, 2.05) is 30.3 Å². The Bertz CT molecular complexity index is 718. The molecule has 0 radical (unpaired) electrons. The number of hydrogen-bond acceptors (Lipinski definition) is 3. The number of nitrogens with one attached hydrogen (secondary N) is 1. The summed E-state index contributed by atoms with van der Waals surface area (Å²) in [6.45, 7) is 4.78. The van der Waals surface area contributed by atoms with Gasteiger partial charge in [-0.2, -0.15) is 0 Å². The Hall–Kier alpha value is -1.96. The Morgan fingerprint density at radius 2 is 1.80 bits per heavy atom. The van der Waals surface area contributed by atoms with Crippen LogP contribution in [-0.2, 0) is 6.54 Å². The maximum Gasteiger partial charge on any atom is 0.193 e. The fraction of sp³-hybridized carbons (Fsp3) is 0.316. The quantitative estimate of drug-likeness (QED) is 0.386. The lowest BCUT2D eigenvalue weighted by molar-refractivity contribution is 0.354. The summed E-state index contributed by atoms with van der Waals surface area (Å²) in [4.78, 5) is 4.38. The zero-order valence-electron chi connectivity index (χ0n) is 15.1. The van der Waals surface area contributed by atoms with Crippen molar-refractivity contribution in [3.05, 3.63) is 53.6 Å². The monoisotopic (exact) mass is 455 g/mol. The molecule has 0 spiro atoms. The number of methoxy groups -OCH3 is 2. The Balaban J connectivity index is 0.00000312. The van der Waals surface area contributed by atoms with E-state index in [0.717, 1.165) is 11.3 Å². The lowest BCUT2D eigenvalue weighted by Crippen LogP contribution is -2.22. The number of anilines is 1. The van der Waals surface area contributed by atoms with Gasteiger partial charge in [0.2, 0.25) is 0 Å². The van der Waals surface area contributed by atoms with Crippen molar-refractivity contribution in [3.63, 3.8) is 0 Å². The van der Waals surface area contributed by atoms with Gasteiger partial charge in [-0.3, -0.25) is 0 Å². The number of aliphatic imine (C=N–C) groups is 1. The highest BCUT2D eigenvalue weighted by Crippen LogP contribution is 2.27. The Morgan fingerprint density at radius 3 is 2.44 bits per heavy atom. The molecule has 0 amide bonds. The zero-order chi connectivity index (χ0) is 17.5. The molecule has 5 nitrogen and oxygen atoms in total. The van der Waals surface area contributed by atoms with Gasteiger partial charge in [0.1, 0.15) is 0 Å². The standard InChI is InChI=1S/C19H25N3O2.HI/c1-13(2)15-6-5-7-16(11-15)22-19(20)21-12-14-8-9-17(23-3)18(10-14)24-4;/h5-11,13H,12H2,1-4H3,(H3,20,21,22);1H. The lowest BCUT2D eigenvalue weighted by Gasteiger charge is -2.10. The lowest BCUT2D eigenvalue weighted by atomic mass is 10.0. The molecule has 2 aromatic rings. The molecule has 25 heavy (non-hydrogen) atoms. The molecule has 3 N–H and O–H groups in total. The zero-order valence-corrected chi connectivity index (χ0v) is 17.4. The second-order valence-electron chi connectivity index (χ2n) is 5.80. The minimum Gasteiger partial charge on any atom is -0.493 e. The molecule has 0 aliphatic heterocycles. The number of benzene rings is 2. The van der Waals surface area contributed by atoms with Gasteiger partial charge in [0, 0.05) is 5.69 Å². The second-order valence-corrected chi connectivity index (χ2v) is 5.80. The van der Waals surface area contributed by atoms with E-state index in [0.29, 0.717) is 29.9 Å². The number of nitrogens with two attached hydrogens (primary N) is 1. The first-order valence-electron chi connectivity index (χ1n) is 7.91. The average molecular weight is 455 g/mol. The van der Waals surface area contributed by atoms with Gasteiger partial charge in [-0.05, 0) is 41.3 Å². The van der Waals surface area contributed by atoms with Gasteiger partial charge in [-0.15, -0.1) is 24.0 Å². The highest BCUT2D eigenvalue weighted by Gasteiger charge is 2.05. The number of halogens is 1. The van der Waals surface area contributed by atoms with Crippen molar-refractivity contribution >= 4 is 35.6 Å². The van der Waals surface area contributed by atoms with Crippen molar-refractivity contribution in [2.45, 2.75) is 26.3 Å². The van der Waals surface area contributed by atoms with Crippen molar-refractivity contribution in [1.82, 2.24) is 0 Å². The highest BCUT2D eigenvalue weighted by molar-refractivity contribution is 14.0. The molecule has 0 atom stereocenters. The third-order valence-corrected chi connectivity index (χ3v) is 3.71. The van der Waals surface area contributed by atoms with Crippen LogP contribution in [0.5, 0.6) is 11.5 Å². The van der Waals surface area contributed by atoms with Gasteiger partial charge < -0.3 is 20.5 Å². The molecule has 0 bridgehead atoms. The van der Waals surface area contributed by atoms with Gasteiger partial charge >= 0.3 is 0 Å². The van der Waals surface area contributed by atoms with Gasteiger partial charge in [0.15, 0.2) is 17.5 Å². The molecule has 6 heteroatoms. The number of guanidine groups is 1. The van der Waals surface area contributed by atoms with Crippen LogP contribution in [0.4, 0.5) is 5.69 Å². The smallest absolute Gasteiger partial charge is 0.193 e. The Morgan fingerprint density at radius 1 is 1.08 bits per heavy atom. The topological polar surface area (TPSA) is 68.9 Å². The normalized spacial score (nSPS) is 11.0. The van der Waals surface area contributed by atoms with E-state index in [1.54, 1.807) is 14.2 Å². The predicted molar refractivity (Wildman–Crippen MR) is 114 cm³/mol. The molecule has 0 saturated carbocycles. The fourth-order valence-electron chi connectivity index (χ4n) is 2.32. The number of ether oxygens (including phenoxy) is 2. The Kier molecular flexibility index (Phi) is 8.54. The molecule has 0 saturated heterocycles. The summed E-state index contributed by atoms with van der Waals surface area (Å²) >= 11 is 0. The van der Waals surface area contributed by atoms with Gasteiger partial charge in [0.25, 0.3) is 0 Å². The third kappa shape index (κ3) is 6.12. The molecule has 2 rings (SSSR count). The molecule has 0 fully saturated rings. The fourth-order valence-corrected chi connectivity index (χ4v) is 2.32. The highest BCUT2D eigenvalue weighted by atomic mass is 127. The van der Waals surface area contributed by atoms with Gasteiger partial charge in [-0.1, -0.05) is 32.0 Å². The Labute approximate surface area is 166 Å². The van der Waals surface area contributed by atoms with Gasteiger partial charge in [0.05, 0.1) is 20.8 Å². The van der Waals surface area contributed by atoms with E-state index in [1.165, 1.54) is 5.56 Å². The molecule has 0 heterocycles. The first kappa shape index (κ1) is 21.1. The van der Waals surface area contributed by atoms with E-state index >= 15 is 0 Å². The maximum absolute atomic E-state index is 5.99. The van der Waals surface area contributed by atoms with Crippen LogP contribution in [0.25, 0.3) is 0 Å². The van der Waals surface area contributed by atoms with E-state index in [9.17, 15) is 0 Å². The summed E-state index contributed by atoms with van der Waals surface area (Å²) in [5.41, 5.74) is 9.18. The van der Waals surface area contributed by atoms with E-state index in [4.69, 9.17) is 15.2 Å². The summed E-state index contributed by atoms with van der Waals surface area (Å²) in [7, 11) is 3.23. The first-order valence-corrected chi connectivity index (χ1v) is 7.91. The van der Waals surface area contributed by atoms with Crippen LogP contribution >= 0.6 is 24.0 Å². The summed E-state index contributed by atoms with van der Waals surface area (Å²) in [6, 6.07) is 13.9. The summed E-state index contributed by atoms with van der Waals surface area (Å²) in [5.74, 6) is 2.23. The van der Waals surface area contributed by atoms with Gasteiger partial charge in [-0.25, -0.2) is 4.99 Å². The summed E-state index contributed by atoms with van der Waals surface area (Å²) < 4.78 is 10.5. The minimum absolute atomic E-state index is 0. The van der Waals surface area contributed by atoms with Crippen molar-refractivity contribution in [2.24, 2.45) is 10.7 Å². The molecule has 0 aliphatic rings. The van der Waals surface area contributed by atoms with Crippen LogP contribution in [0.2, 0.25) is 0 Å². The van der Waals surface area contributed by atoms with E-state index in [2.05, 4.69) is 36.3 Å². The van der Waals surface area contributed by atoms with Crippen LogP contribution in [0.1, 0.15) is 30.9 Å². The molecule has 2 aromatic carbocycles. The molecule has 0 aromatic heterocycles. The van der Waals surface area contributed by atoms with Crippen molar-refractivity contribution in [2.75, 3.05) is 19.5 Å². The number of nitrogens with zero attached hydrogens (tertiary/aromatic N) is 1. The molecule has 136 valence electrons. The maximum atomic E-state index is 5.99. The van der Waals surface area contributed by atoms with E-state index < -0.39 is 0 Å². The van der Waals surface area contributed by atoms with Crippen molar-refractivity contribution in [1.29, 1.82) is 0 Å². The van der Waals surface area contributed by atoms with Crippen LogP contribution in [-0.4, -0.2) is 20.2 Å². The molecular weight excluding hydrogens is 429 g/mol. The summed E-state index contributed by atoms with van der Waals surface area (Å²) in [6.07, 6.45) is 0. The van der Waals surface area contributed by atoms with E-state index in [-0.39, 0.29) is 24.0 Å². The summed E-state index contributed by atoms with van der Waals surface area (Å²) in [5, 5.41) is 3.13. The minimum atomic E-state index is 0. The van der Waals surface area contributed by atoms with Crippen molar-refractivity contribution in [3.8, 4) is 11.5 Å². The van der Waals surface area contributed by atoms with Crippen molar-refractivity contribution < 1.29 is 9.47 Å². The third-order valence-electron chi connectivity index (χ3n) is 3.71. The van der Waals surface area contributed by atoms with Crippen LogP contribution < -0.4 is 20.5 Å². The SMILES string of the molecule is COc1ccc(CN=C(N)Nc2cccc(C(C)C)c2)cc1OC.I. The molecule has 0 unspecified atom stereocenters. The number of rotatable bonds is 6. The first-order chi connectivity index (χ1) is 11.5. The number of hydrogen-bond donors (Lipinski definition) is 2. The average Bonchev–Trinajstić information content (AvgIpc) is 2.59. The second kappa shape index (κ2) is 10.1. The van der Waals surface area contributed by atoms with Crippen LogP contribution in [0.3, 0.4) is 0 Å². The van der Waals surface area contributed by atoms with Crippen LogP contribution in [0, 0.1) is 0 Å². The molecule has 0 aliphatic carbocycles. The molecular formula is C19H26IN3O2. The predicted octanol–water partition coefficient (Wildman–Crippen LogP) is 4.37. The largest absolute Gasteiger partial charge is 0.493 e. The van der Waals surface area contributed by atoms with Crippen LogP contribution in [0.15, 0.2) is 47.5 Å².